The molecule has 168 valence electrons. The van der Waals surface area contributed by atoms with E-state index < -0.39 is 0 Å². The summed E-state index contributed by atoms with van der Waals surface area (Å²) in [6.07, 6.45) is 3.63. The average Bonchev–Trinajstić information content (AvgIpc) is 3.32. The highest BCUT2D eigenvalue weighted by Gasteiger charge is 2.21. The number of benzene rings is 3. The molecule has 0 spiro atoms. The minimum absolute atomic E-state index is 0.111. The predicted octanol–water partition coefficient (Wildman–Crippen LogP) is 5.54. The lowest BCUT2D eigenvalue weighted by Gasteiger charge is -2.21. The van der Waals surface area contributed by atoms with Crippen molar-refractivity contribution in [2.24, 2.45) is 14.1 Å². The van der Waals surface area contributed by atoms with Crippen LogP contribution in [0.15, 0.2) is 90.1 Å². The van der Waals surface area contributed by atoms with E-state index in [-0.39, 0.29) is 11.5 Å². The Hall–Kier alpha value is -4.94. The Morgan fingerprint density at radius 3 is 2.46 bits per heavy atom. The first-order valence-electron chi connectivity index (χ1n) is 11.1. The van der Waals surface area contributed by atoms with Crippen LogP contribution in [0.5, 0.6) is 0 Å². The molecule has 2 heterocycles. The smallest absolute Gasteiger partial charge is 0.251 e. The number of pyridine rings is 1. The van der Waals surface area contributed by atoms with Gasteiger partial charge in [-0.15, -0.1) is 0 Å². The van der Waals surface area contributed by atoms with Crippen LogP contribution in [-0.4, -0.2) is 14.1 Å². The van der Waals surface area contributed by atoms with Gasteiger partial charge in [-0.25, -0.2) is 9.83 Å². The van der Waals surface area contributed by atoms with E-state index in [9.17, 15) is 10.1 Å². The molecular formula is C29H21N5O. The standard InChI is InChI=1S/C29H21N5O/c1-31-23-10-7-20(8-11-23)29(27-17-32-18-33(27)2)22-9-12-26-25(14-22)24(15-28(35)34(26)3)21-6-4-5-19(13-21)16-30/h4-15,17-18,29H,2-3H3/t29-/m0/s1. The van der Waals surface area contributed by atoms with Gasteiger partial charge in [-0.1, -0.05) is 42.5 Å². The summed E-state index contributed by atoms with van der Waals surface area (Å²) in [5, 5.41) is 10.3. The molecule has 6 heteroatoms. The summed E-state index contributed by atoms with van der Waals surface area (Å²) in [4.78, 5) is 20.6. The molecule has 0 aliphatic carbocycles. The van der Waals surface area contributed by atoms with Gasteiger partial charge in [-0.3, -0.25) is 4.79 Å². The van der Waals surface area contributed by atoms with Crippen molar-refractivity contribution in [3.63, 3.8) is 0 Å². The molecule has 5 rings (SSSR count). The highest BCUT2D eigenvalue weighted by molar-refractivity contribution is 5.95. The molecule has 0 saturated carbocycles. The lowest BCUT2D eigenvalue weighted by Crippen LogP contribution is -2.16. The second-order valence-electron chi connectivity index (χ2n) is 8.49. The van der Waals surface area contributed by atoms with Gasteiger partial charge in [0, 0.05) is 37.4 Å². The molecule has 0 radical (unpaired) electrons. The molecule has 0 N–H and O–H groups in total. The molecule has 6 nitrogen and oxygen atoms in total. The molecule has 0 bridgehead atoms. The Kier molecular flexibility index (Phi) is 5.49. The third-order valence-corrected chi connectivity index (χ3v) is 6.41. The zero-order valence-electron chi connectivity index (χ0n) is 19.3. The molecule has 2 aromatic heterocycles. The van der Waals surface area contributed by atoms with Crippen LogP contribution in [0.2, 0.25) is 0 Å². The van der Waals surface area contributed by atoms with E-state index in [0.717, 1.165) is 38.9 Å². The largest absolute Gasteiger partial charge is 0.337 e. The summed E-state index contributed by atoms with van der Waals surface area (Å²) in [5.41, 5.74) is 6.53. The normalized spacial score (nSPS) is 11.7. The van der Waals surface area contributed by atoms with E-state index in [1.54, 1.807) is 30.1 Å². The van der Waals surface area contributed by atoms with E-state index in [1.807, 2.05) is 72.4 Å². The first-order chi connectivity index (χ1) is 17.0. The van der Waals surface area contributed by atoms with E-state index in [2.05, 4.69) is 22.0 Å². The number of hydrogen-bond donors (Lipinski definition) is 0. The third-order valence-electron chi connectivity index (χ3n) is 6.41. The lowest BCUT2D eigenvalue weighted by molar-refractivity contribution is 0.793. The fourth-order valence-corrected chi connectivity index (χ4v) is 4.57. The van der Waals surface area contributed by atoms with Gasteiger partial charge in [0.25, 0.3) is 5.56 Å². The van der Waals surface area contributed by atoms with Gasteiger partial charge >= 0.3 is 0 Å². The average molecular weight is 456 g/mol. The fourth-order valence-electron chi connectivity index (χ4n) is 4.57. The van der Waals surface area contributed by atoms with Gasteiger partial charge in [0.1, 0.15) is 0 Å². The summed E-state index contributed by atoms with van der Waals surface area (Å²) in [7, 11) is 3.73. The summed E-state index contributed by atoms with van der Waals surface area (Å²) in [5.74, 6) is -0.123. The number of nitriles is 1. The minimum atomic E-state index is -0.123. The molecular weight excluding hydrogens is 434 g/mol. The van der Waals surface area contributed by atoms with Crippen molar-refractivity contribution in [1.29, 1.82) is 5.26 Å². The van der Waals surface area contributed by atoms with Gasteiger partial charge < -0.3 is 9.13 Å². The van der Waals surface area contributed by atoms with Crippen LogP contribution < -0.4 is 5.56 Å². The van der Waals surface area contributed by atoms with Gasteiger partial charge in [-0.05, 0) is 46.5 Å². The Labute approximate surface area is 202 Å². The molecule has 0 unspecified atom stereocenters. The van der Waals surface area contributed by atoms with E-state index in [4.69, 9.17) is 6.57 Å². The lowest BCUT2D eigenvalue weighted by atomic mass is 9.87. The summed E-state index contributed by atoms with van der Waals surface area (Å²) in [6.45, 7) is 7.28. The van der Waals surface area contributed by atoms with Crippen LogP contribution in [0.25, 0.3) is 26.9 Å². The van der Waals surface area contributed by atoms with Gasteiger partial charge in [0.05, 0.1) is 36.0 Å². The minimum Gasteiger partial charge on any atom is -0.337 e. The maximum atomic E-state index is 12.8. The molecule has 0 aliphatic heterocycles. The third kappa shape index (κ3) is 3.88. The molecule has 1 atom stereocenters. The summed E-state index contributed by atoms with van der Waals surface area (Å²) >= 11 is 0. The maximum Gasteiger partial charge on any atom is 0.251 e. The quantitative estimate of drug-likeness (QED) is 0.334. The van der Waals surface area contributed by atoms with Crippen molar-refractivity contribution >= 4 is 16.6 Å². The predicted molar refractivity (Wildman–Crippen MR) is 136 cm³/mol. The summed E-state index contributed by atoms with van der Waals surface area (Å²) < 4.78 is 3.63. The van der Waals surface area contributed by atoms with Crippen LogP contribution in [-0.2, 0) is 14.1 Å². The first kappa shape index (κ1) is 21.9. The molecule has 0 fully saturated rings. The highest BCUT2D eigenvalue weighted by Crippen LogP contribution is 2.36. The van der Waals surface area contributed by atoms with Crippen molar-refractivity contribution < 1.29 is 0 Å². The zero-order chi connectivity index (χ0) is 24.5. The monoisotopic (exact) mass is 455 g/mol. The van der Waals surface area contributed by atoms with E-state index in [0.29, 0.717) is 11.3 Å². The summed E-state index contributed by atoms with van der Waals surface area (Å²) in [6, 6.07) is 24.9. The van der Waals surface area contributed by atoms with Gasteiger partial charge in [0.15, 0.2) is 5.69 Å². The SMILES string of the molecule is [C-]#[N+]c1ccc([C@@H](c2ccc3c(c2)c(-c2cccc(C#N)c2)cc(=O)n3C)c2cncn2C)cc1. The van der Waals surface area contributed by atoms with Crippen molar-refractivity contribution in [2.75, 3.05) is 0 Å². The second kappa shape index (κ2) is 8.78. The van der Waals surface area contributed by atoms with Crippen molar-refractivity contribution in [1.82, 2.24) is 14.1 Å². The van der Waals surface area contributed by atoms with Crippen molar-refractivity contribution in [3.05, 3.63) is 129 Å². The van der Waals surface area contributed by atoms with Crippen LogP contribution in [0, 0.1) is 17.9 Å². The number of hydrogen-bond acceptors (Lipinski definition) is 3. The molecule has 0 saturated heterocycles. The highest BCUT2D eigenvalue weighted by atomic mass is 16.1. The molecule has 0 aliphatic rings. The van der Waals surface area contributed by atoms with Crippen molar-refractivity contribution in [3.8, 4) is 17.2 Å². The van der Waals surface area contributed by atoms with Gasteiger partial charge in [0.2, 0.25) is 0 Å². The number of aromatic nitrogens is 3. The number of imidazole rings is 1. The fraction of sp³-hybridized carbons (Fsp3) is 0.103. The second-order valence-corrected chi connectivity index (χ2v) is 8.49. The van der Waals surface area contributed by atoms with Crippen LogP contribution >= 0.6 is 0 Å². The van der Waals surface area contributed by atoms with Crippen molar-refractivity contribution in [2.45, 2.75) is 5.92 Å². The molecule has 35 heavy (non-hydrogen) atoms. The molecule has 5 aromatic rings. The van der Waals surface area contributed by atoms with E-state index >= 15 is 0 Å². The Bertz CT molecular complexity index is 1710. The Morgan fingerprint density at radius 2 is 1.77 bits per heavy atom. The number of nitrogens with zero attached hydrogens (tertiary/aromatic N) is 5. The van der Waals surface area contributed by atoms with E-state index in [1.165, 1.54) is 0 Å². The number of fused-ring (bicyclic) bond motifs is 1. The first-order valence-corrected chi connectivity index (χ1v) is 11.1. The number of rotatable bonds is 4. The molecule has 3 aromatic carbocycles. The number of aryl methyl sites for hydroxylation is 2. The Balaban J connectivity index is 1.78. The topological polar surface area (TPSA) is 68.0 Å². The van der Waals surface area contributed by atoms with Crippen LogP contribution in [0.1, 0.15) is 28.3 Å². The van der Waals surface area contributed by atoms with Crippen LogP contribution in [0.4, 0.5) is 5.69 Å². The maximum absolute atomic E-state index is 12.8. The van der Waals surface area contributed by atoms with Gasteiger partial charge in [-0.2, -0.15) is 5.26 Å². The Morgan fingerprint density at radius 1 is 1.00 bits per heavy atom. The van der Waals surface area contributed by atoms with Crippen LogP contribution in [0.3, 0.4) is 0 Å². The molecule has 0 amide bonds. The zero-order valence-corrected chi connectivity index (χ0v) is 19.3.